The molecular formula is C15H17NO4. The molecule has 0 aliphatic rings. The maximum atomic E-state index is 12.1. The number of ether oxygens (including phenoxy) is 2. The SMILES string of the molecule is COc1ccccc1C(=O)NCC(OC)c1ccco1. The fourth-order valence-corrected chi connectivity index (χ4v) is 1.89. The molecular weight excluding hydrogens is 258 g/mol. The highest BCUT2D eigenvalue weighted by atomic mass is 16.5. The van der Waals surface area contributed by atoms with E-state index in [-0.39, 0.29) is 12.0 Å². The first-order chi connectivity index (χ1) is 9.76. The van der Waals surface area contributed by atoms with Crippen LogP contribution in [0.25, 0.3) is 0 Å². The molecule has 0 aliphatic carbocycles. The Hall–Kier alpha value is -2.27. The molecule has 0 saturated heterocycles. The van der Waals surface area contributed by atoms with Crippen LogP contribution in [0.4, 0.5) is 0 Å². The molecule has 2 aromatic rings. The number of benzene rings is 1. The number of hydrogen-bond acceptors (Lipinski definition) is 4. The van der Waals surface area contributed by atoms with E-state index in [4.69, 9.17) is 13.9 Å². The fraction of sp³-hybridized carbons (Fsp3) is 0.267. The third-order valence-electron chi connectivity index (χ3n) is 2.94. The number of carbonyl (C=O) groups is 1. The van der Waals surface area contributed by atoms with Crippen molar-refractivity contribution in [2.24, 2.45) is 0 Å². The maximum Gasteiger partial charge on any atom is 0.255 e. The van der Waals surface area contributed by atoms with Crippen LogP contribution in [0.1, 0.15) is 22.2 Å². The highest BCUT2D eigenvalue weighted by Gasteiger charge is 2.17. The molecule has 1 amide bonds. The van der Waals surface area contributed by atoms with Gasteiger partial charge in [0, 0.05) is 7.11 Å². The predicted octanol–water partition coefficient (Wildman–Crippen LogP) is 2.41. The molecule has 0 radical (unpaired) electrons. The molecule has 1 unspecified atom stereocenters. The molecule has 2 rings (SSSR count). The number of hydrogen-bond donors (Lipinski definition) is 1. The van der Waals surface area contributed by atoms with Crippen LogP contribution in [-0.4, -0.2) is 26.7 Å². The van der Waals surface area contributed by atoms with Gasteiger partial charge in [0.05, 0.1) is 25.5 Å². The van der Waals surface area contributed by atoms with Gasteiger partial charge in [0.1, 0.15) is 17.6 Å². The Bertz CT molecular complexity index is 551. The molecule has 1 N–H and O–H groups in total. The number of nitrogens with one attached hydrogen (secondary N) is 1. The lowest BCUT2D eigenvalue weighted by Crippen LogP contribution is -2.29. The van der Waals surface area contributed by atoms with Gasteiger partial charge >= 0.3 is 0 Å². The fourth-order valence-electron chi connectivity index (χ4n) is 1.89. The molecule has 5 heteroatoms. The second-order valence-corrected chi connectivity index (χ2v) is 4.15. The van der Waals surface area contributed by atoms with E-state index in [0.717, 1.165) is 0 Å². The average molecular weight is 275 g/mol. The van der Waals surface area contributed by atoms with Gasteiger partial charge in [-0.25, -0.2) is 0 Å². The normalized spacial score (nSPS) is 11.9. The minimum Gasteiger partial charge on any atom is -0.496 e. The molecule has 1 aromatic carbocycles. The first-order valence-corrected chi connectivity index (χ1v) is 6.23. The van der Waals surface area contributed by atoms with E-state index in [9.17, 15) is 4.79 Å². The Balaban J connectivity index is 2.01. The summed E-state index contributed by atoms with van der Waals surface area (Å²) < 4.78 is 15.7. The summed E-state index contributed by atoms with van der Waals surface area (Å²) in [6.45, 7) is 0.320. The first-order valence-electron chi connectivity index (χ1n) is 6.23. The molecule has 1 atom stereocenters. The number of methoxy groups -OCH3 is 2. The van der Waals surface area contributed by atoms with Gasteiger partial charge in [0.15, 0.2) is 0 Å². The summed E-state index contributed by atoms with van der Waals surface area (Å²) >= 11 is 0. The Kier molecular flexibility index (Phi) is 4.79. The van der Waals surface area contributed by atoms with Crippen LogP contribution in [0.2, 0.25) is 0 Å². The predicted molar refractivity (Wildman–Crippen MR) is 73.8 cm³/mol. The van der Waals surface area contributed by atoms with Gasteiger partial charge in [-0.2, -0.15) is 0 Å². The number of furan rings is 1. The minimum absolute atomic E-state index is 0.212. The van der Waals surface area contributed by atoms with Crippen LogP contribution < -0.4 is 10.1 Å². The molecule has 1 heterocycles. The highest BCUT2D eigenvalue weighted by molar-refractivity contribution is 5.96. The molecule has 5 nitrogen and oxygen atoms in total. The summed E-state index contributed by atoms with van der Waals surface area (Å²) in [4.78, 5) is 12.1. The van der Waals surface area contributed by atoms with Crippen LogP contribution in [0.5, 0.6) is 5.75 Å². The van der Waals surface area contributed by atoms with Crippen molar-refractivity contribution in [3.8, 4) is 5.75 Å². The van der Waals surface area contributed by atoms with E-state index >= 15 is 0 Å². The standard InChI is InChI=1S/C15H17NO4/c1-18-12-7-4-3-6-11(12)15(17)16-10-14(19-2)13-8-5-9-20-13/h3-9,14H,10H2,1-2H3,(H,16,17). The number of para-hydroxylation sites is 1. The third kappa shape index (κ3) is 3.19. The minimum atomic E-state index is -0.316. The van der Waals surface area contributed by atoms with Gasteiger partial charge in [-0.1, -0.05) is 12.1 Å². The van der Waals surface area contributed by atoms with Crippen molar-refractivity contribution >= 4 is 5.91 Å². The van der Waals surface area contributed by atoms with Crippen molar-refractivity contribution < 1.29 is 18.7 Å². The second kappa shape index (κ2) is 6.77. The van der Waals surface area contributed by atoms with Crippen molar-refractivity contribution in [2.45, 2.75) is 6.10 Å². The zero-order chi connectivity index (χ0) is 14.4. The molecule has 0 bridgehead atoms. The Morgan fingerprint density at radius 2 is 2.05 bits per heavy atom. The van der Waals surface area contributed by atoms with Crippen LogP contribution in [0.15, 0.2) is 47.1 Å². The number of carbonyl (C=O) groups excluding carboxylic acids is 1. The summed E-state index contributed by atoms with van der Waals surface area (Å²) in [5.74, 6) is 1.00. The number of amides is 1. The van der Waals surface area contributed by atoms with E-state index in [1.54, 1.807) is 37.6 Å². The van der Waals surface area contributed by atoms with E-state index in [2.05, 4.69) is 5.32 Å². The van der Waals surface area contributed by atoms with E-state index in [1.807, 2.05) is 12.1 Å². The lowest BCUT2D eigenvalue weighted by atomic mass is 10.2. The summed E-state index contributed by atoms with van der Waals surface area (Å²) in [6.07, 6.45) is 1.26. The largest absolute Gasteiger partial charge is 0.496 e. The van der Waals surface area contributed by atoms with Crippen molar-refractivity contribution in [3.63, 3.8) is 0 Å². The second-order valence-electron chi connectivity index (χ2n) is 4.15. The van der Waals surface area contributed by atoms with Gasteiger partial charge in [0.2, 0.25) is 0 Å². The van der Waals surface area contributed by atoms with Crippen molar-refractivity contribution in [3.05, 3.63) is 54.0 Å². The summed E-state index contributed by atoms with van der Waals surface area (Å²) in [5.41, 5.74) is 0.490. The van der Waals surface area contributed by atoms with Gasteiger partial charge in [0.25, 0.3) is 5.91 Å². The average Bonchev–Trinajstić information content (AvgIpc) is 3.02. The van der Waals surface area contributed by atoms with Gasteiger partial charge in [-0.05, 0) is 24.3 Å². The lowest BCUT2D eigenvalue weighted by Gasteiger charge is -2.14. The maximum absolute atomic E-state index is 12.1. The zero-order valence-corrected chi connectivity index (χ0v) is 11.5. The Morgan fingerprint density at radius 3 is 2.70 bits per heavy atom. The van der Waals surface area contributed by atoms with Crippen LogP contribution in [0.3, 0.4) is 0 Å². The Labute approximate surface area is 117 Å². The van der Waals surface area contributed by atoms with E-state index in [1.165, 1.54) is 7.11 Å². The van der Waals surface area contributed by atoms with E-state index < -0.39 is 0 Å². The summed E-state index contributed by atoms with van der Waals surface area (Å²) in [7, 11) is 3.11. The summed E-state index contributed by atoms with van der Waals surface area (Å²) in [6, 6.07) is 10.7. The smallest absolute Gasteiger partial charge is 0.255 e. The van der Waals surface area contributed by atoms with Crippen molar-refractivity contribution in [1.82, 2.24) is 5.32 Å². The van der Waals surface area contributed by atoms with Gasteiger partial charge in [-0.15, -0.1) is 0 Å². The van der Waals surface area contributed by atoms with Crippen LogP contribution in [-0.2, 0) is 4.74 Å². The van der Waals surface area contributed by atoms with Gasteiger partial charge in [-0.3, -0.25) is 4.79 Å². The van der Waals surface area contributed by atoms with E-state index in [0.29, 0.717) is 23.6 Å². The first kappa shape index (κ1) is 14.1. The zero-order valence-electron chi connectivity index (χ0n) is 11.5. The Morgan fingerprint density at radius 1 is 1.25 bits per heavy atom. The quantitative estimate of drug-likeness (QED) is 0.879. The van der Waals surface area contributed by atoms with Crippen LogP contribution >= 0.6 is 0 Å². The lowest BCUT2D eigenvalue weighted by molar-refractivity contribution is 0.0737. The summed E-state index contributed by atoms with van der Waals surface area (Å²) in [5, 5.41) is 2.81. The molecule has 0 fully saturated rings. The topological polar surface area (TPSA) is 60.7 Å². The number of rotatable bonds is 6. The monoisotopic (exact) mass is 275 g/mol. The molecule has 0 spiro atoms. The van der Waals surface area contributed by atoms with Gasteiger partial charge < -0.3 is 19.2 Å². The molecule has 1 aromatic heterocycles. The van der Waals surface area contributed by atoms with Crippen LogP contribution in [0, 0.1) is 0 Å². The molecule has 0 aliphatic heterocycles. The third-order valence-corrected chi connectivity index (χ3v) is 2.94. The molecule has 0 saturated carbocycles. The molecule has 20 heavy (non-hydrogen) atoms. The molecule has 106 valence electrons. The van der Waals surface area contributed by atoms with Crippen molar-refractivity contribution in [2.75, 3.05) is 20.8 Å². The highest BCUT2D eigenvalue weighted by Crippen LogP contribution is 2.19. The van der Waals surface area contributed by atoms with Crippen molar-refractivity contribution in [1.29, 1.82) is 0 Å².